The van der Waals surface area contributed by atoms with Crippen LogP contribution in [0.15, 0.2) is 18.2 Å². The number of rotatable bonds is 2. The summed E-state index contributed by atoms with van der Waals surface area (Å²) >= 11 is 5.61. The van der Waals surface area contributed by atoms with Crippen LogP contribution in [0.2, 0.25) is 5.02 Å². The van der Waals surface area contributed by atoms with Crippen molar-refractivity contribution in [3.8, 4) is 0 Å². The van der Waals surface area contributed by atoms with Gasteiger partial charge in [0, 0.05) is 18.3 Å². The lowest BCUT2D eigenvalue weighted by molar-refractivity contribution is 0.479. The quantitative estimate of drug-likeness (QED) is 0.813. The molecule has 0 amide bonds. The van der Waals surface area contributed by atoms with Crippen molar-refractivity contribution < 1.29 is 4.39 Å². The summed E-state index contributed by atoms with van der Waals surface area (Å²) < 4.78 is 13.1. The van der Waals surface area contributed by atoms with Crippen LogP contribution in [0.1, 0.15) is 12.8 Å². The first-order chi connectivity index (χ1) is 7.25. The Morgan fingerprint density at radius 1 is 1.47 bits per heavy atom. The van der Waals surface area contributed by atoms with Crippen molar-refractivity contribution >= 4 is 17.3 Å². The van der Waals surface area contributed by atoms with E-state index in [4.69, 9.17) is 11.6 Å². The second-order valence-electron chi connectivity index (χ2n) is 3.82. The number of piperidine rings is 1. The predicted molar refractivity (Wildman–Crippen MR) is 60.9 cm³/mol. The van der Waals surface area contributed by atoms with E-state index in [0.717, 1.165) is 31.6 Å². The number of hydrogen-bond acceptors (Lipinski definition) is 2. The maximum atomic E-state index is 13.1. The molecule has 0 bridgehead atoms. The van der Waals surface area contributed by atoms with Crippen molar-refractivity contribution in [2.24, 2.45) is 0 Å². The molecule has 0 radical (unpaired) electrons. The molecule has 0 spiro atoms. The van der Waals surface area contributed by atoms with Gasteiger partial charge in [-0.2, -0.15) is 0 Å². The lowest BCUT2D eigenvalue weighted by Gasteiger charge is -2.24. The Labute approximate surface area is 93.8 Å². The molecule has 0 saturated carbocycles. The van der Waals surface area contributed by atoms with E-state index in [0.29, 0.717) is 6.04 Å². The molecule has 1 aromatic rings. The Morgan fingerprint density at radius 3 is 3.00 bits per heavy atom. The monoisotopic (exact) mass is 228 g/mol. The van der Waals surface area contributed by atoms with Crippen LogP contribution in [-0.2, 0) is 0 Å². The predicted octanol–water partition coefficient (Wildman–Crippen LogP) is 2.64. The molecule has 15 heavy (non-hydrogen) atoms. The summed E-state index contributed by atoms with van der Waals surface area (Å²) in [5.41, 5.74) is 0.797. The zero-order valence-corrected chi connectivity index (χ0v) is 9.15. The standard InChI is InChI=1S/C11H14ClFN2/c12-10-4-3-8(6-11(10)13)15-9-2-1-5-14-7-9/h3-4,6,9,14-15H,1-2,5,7H2. The van der Waals surface area contributed by atoms with Crippen LogP contribution in [-0.4, -0.2) is 19.1 Å². The van der Waals surface area contributed by atoms with Crippen LogP contribution in [0.5, 0.6) is 0 Å². The zero-order valence-electron chi connectivity index (χ0n) is 8.39. The van der Waals surface area contributed by atoms with Gasteiger partial charge in [0.1, 0.15) is 5.82 Å². The van der Waals surface area contributed by atoms with Crippen molar-refractivity contribution in [2.45, 2.75) is 18.9 Å². The smallest absolute Gasteiger partial charge is 0.143 e. The lowest BCUT2D eigenvalue weighted by atomic mass is 10.1. The first-order valence-corrected chi connectivity index (χ1v) is 5.56. The molecular formula is C11H14ClFN2. The first-order valence-electron chi connectivity index (χ1n) is 5.18. The molecule has 0 aromatic heterocycles. The highest BCUT2D eigenvalue weighted by Crippen LogP contribution is 2.20. The minimum atomic E-state index is -0.370. The van der Waals surface area contributed by atoms with Crippen LogP contribution < -0.4 is 10.6 Å². The van der Waals surface area contributed by atoms with Gasteiger partial charge in [-0.15, -0.1) is 0 Å². The van der Waals surface area contributed by atoms with Crippen LogP contribution >= 0.6 is 11.6 Å². The highest BCUT2D eigenvalue weighted by atomic mass is 35.5. The Morgan fingerprint density at radius 2 is 2.33 bits per heavy atom. The van der Waals surface area contributed by atoms with Gasteiger partial charge in [-0.3, -0.25) is 0 Å². The fraction of sp³-hybridized carbons (Fsp3) is 0.455. The van der Waals surface area contributed by atoms with Gasteiger partial charge in [-0.1, -0.05) is 11.6 Å². The number of anilines is 1. The Hall–Kier alpha value is -0.800. The molecule has 1 heterocycles. The molecule has 4 heteroatoms. The number of nitrogens with one attached hydrogen (secondary N) is 2. The third kappa shape index (κ3) is 2.83. The molecule has 1 aliphatic rings. The highest BCUT2D eigenvalue weighted by molar-refractivity contribution is 6.30. The third-order valence-electron chi connectivity index (χ3n) is 2.59. The lowest BCUT2D eigenvalue weighted by Crippen LogP contribution is -2.38. The van der Waals surface area contributed by atoms with E-state index in [9.17, 15) is 4.39 Å². The molecule has 0 aliphatic carbocycles. The second kappa shape index (κ2) is 4.81. The molecule has 1 fully saturated rings. The fourth-order valence-electron chi connectivity index (χ4n) is 1.80. The molecule has 1 saturated heterocycles. The fourth-order valence-corrected chi connectivity index (χ4v) is 1.91. The van der Waals surface area contributed by atoms with Gasteiger partial charge in [-0.25, -0.2) is 4.39 Å². The minimum Gasteiger partial charge on any atom is -0.381 e. The maximum Gasteiger partial charge on any atom is 0.143 e. The summed E-state index contributed by atoms with van der Waals surface area (Å²) in [5, 5.41) is 6.76. The number of hydrogen-bond donors (Lipinski definition) is 2. The van der Waals surface area contributed by atoms with Crippen LogP contribution in [0.4, 0.5) is 10.1 Å². The average Bonchev–Trinajstić information content (AvgIpc) is 2.25. The number of halogens is 2. The second-order valence-corrected chi connectivity index (χ2v) is 4.22. The Bertz CT molecular complexity index is 337. The Balaban J connectivity index is 2.00. The molecule has 1 aliphatic heterocycles. The maximum absolute atomic E-state index is 13.1. The van der Waals surface area contributed by atoms with Crippen molar-refractivity contribution in [2.75, 3.05) is 18.4 Å². The summed E-state index contributed by atoms with van der Waals surface area (Å²) in [4.78, 5) is 0. The summed E-state index contributed by atoms with van der Waals surface area (Å²) in [7, 11) is 0. The van der Waals surface area contributed by atoms with Gasteiger partial charge < -0.3 is 10.6 Å². The molecule has 1 unspecified atom stereocenters. The van der Waals surface area contributed by atoms with Crippen LogP contribution in [0.3, 0.4) is 0 Å². The topological polar surface area (TPSA) is 24.1 Å². The normalized spacial score (nSPS) is 21.3. The van der Waals surface area contributed by atoms with Gasteiger partial charge in [0.15, 0.2) is 0 Å². The van der Waals surface area contributed by atoms with E-state index in [1.165, 1.54) is 6.07 Å². The minimum absolute atomic E-state index is 0.169. The van der Waals surface area contributed by atoms with E-state index in [2.05, 4.69) is 10.6 Å². The van der Waals surface area contributed by atoms with E-state index in [1.807, 2.05) is 0 Å². The van der Waals surface area contributed by atoms with E-state index >= 15 is 0 Å². The largest absolute Gasteiger partial charge is 0.381 e. The van der Waals surface area contributed by atoms with E-state index in [1.54, 1.807) is 12.1 Å². The van der Waals surface area contributed by atoms with Gasteiger partial charge in [-0.05, 0) is 37.6 Å². The molecule has 82 valence electrons. The zero-order chi connectivity index (χ0) is 10.7. The molecule has 1 aromatic carbocycles. The average molecular weight is 229 g/mol. The van der Waals surface area contributed by atoms with E-state index < -0.39 is 0 Å². The van der Waals surface area contributed by atoms with Crippen molar-refractivity contribution in [3.63, 3.8) is 0 Å². The SMILES string of the molecule is Fc1cc(NC2CCCNC2)ccc1Cl. The summed E-state index contributed by atoms with van der Waals surface area (Å²) in [5.74, 6) is -0.370. The molecule has 2 nitrogen and oxygen atoms in total. The first kappa shape index (κ1) is 10.7. The van der Waals surface area contributed by atoms with Crippen molar-refractivity contribution in [1.29, 1.82) is 0 Å². The van der Waals surface area contributed by atoms with Crippen molar-refractivity contribution in [1.82, 2.24) is 5.32 Å². The molecule has 1 atom stereocenters. The summed E-state index contributed by atoms with van der Waals surface area (Å²) in [6.45, 7) is 2.01. The molecule has 2 rings (SSSR count). The van der Waals surface area contributed by atoms with Crippen LogP contribution in [0, 0.1) is 5.82 Å². The van der Waals surface area contributed by atoms with Gasteiger partial charge >= 0.3 is 0 Å². The third-order valence-corrected chi connectivity index (χ3v) is 2.89. The van der Waals surface area contributed by atoms with Gasteiger partial charge in [0.05, 0.1) is 5.02 Å². The Kier molecular flexibility index (Phi) is 3.44. The van der Waals surface area contributed by atoms with Gasteiger partial charge in [0.2, 0.25) is 0 Å². The summed E-state index contributed by atoms with van der Waals surface area (Å²) in [6.07, 6.45) is 2.28. The highest BCUT2D eigenvalue weighted by Gasteiger charge is 2.12. The van der Waals surface area contributed by atoms with E-state index in [-0.39, 0.29) is 10.8 Å². The van der Waals surface area contributed by atoms with Crippen molar-refractivity contribution in [3.05, 3.63) is 29.0 Å². The summed E-state index contributed by atoms with van der Waals surface area (Å²) in [6, 6.07) is 5.21. The molecular weight excluding hydrogens is 215 g/mol. The van der Waals surface area contributed by atoms with Crippen LogP contribution in [0.25, 0.3) is 0 Å². The van der Waals surface area contributed by atoms with Gasteiger partial charge in [0.25, 0.3) is 0 Å². The molecule has 2 N–H and O–H groups in total. The number of benzene rings is 1.